The zero-order chi connectivity index (χ0) is 22.2. The molecule has 2 N–H and O–H groups in total. The standard InChI is InChI=1S/C24H28N8O/c33-15-31-11-3-8-20(31)21-9-4-12-32(21)24-26-18-7-1-6-17(18)23(28-24)27-22-13-19(29-30-22)16-5-2-10-25-14-16/h2,5,10,13-15,20-21H,1,3-4,6-9,11-12H2,(H2,26,27,28,29,30). The molecule has 3 aromatic heterocycles. The summed E-state index contributed by atoms with van der Waals surface area (Å²) in [6.07, 6.45) is 11.9. The number of nitrogens with zero attached hydrogens (tertiary/aromatic N) is 6. The molecule has 0 bridgehead atoms. The number of likely N-dealkylation sites (tertiary alicyclic amines) is 1. The largest absolute Gasteiger partial charge is 0.340 e. The predicted octanol–water partition coefficient (Wildman–Crippen LogP) is 3.08. The maximum absolute atomic E-state index is 11.6. The van der Waals surface area contributed by atoms with Gasteiger partial charge in [0.1, 0.15) is 5.82 Å². The van der Waals surface area contributed by atoms with Crippen molar-refractivity contribution in [1.29, 1.82) is 0 Å². The van der Waals surface area contributed by atoms with E-state index in [-0.39, 0.29) is 12.1 Å². The summed E-state index contributed by atoms with van der Waals surface area (Å²) in [5.74, 6) is 2.36. The Morgan fingerprint density at radius 2 is 2.00 bits per heavy atom. The van der Waals surface area contributed by atoms with E-state index in [9.17, 15) is 4.79 Å². The van der Waals surface area contributed by atoms with E-state index in [1.165, 1.54) is 5.56 Å². The summed E-state index contributed by atoms with van der Waals surface area (Å²) in [6.45, 7) is 1.79. The number of anilines is 3. The normalized spacial score (nSPS) is 22.1. The Balaban J connectivity index is 1.30. The van der Waals surface area contributed by atoms with E-state index in [1.54, 1.807) is 6.20 Å². The van der Waals surface area contributed by atoms with Gasteiger partial charge in [0.05, 0.1) is 23.5 Å². The van der Waals surface area contributed by atoms with E-state index in [2.05, 4.69) is 25.4 Å². The molecule has 2 saturated heterocycles. The number of carbonyl (C=O) groups is 1. The maximum Gasteiger partial charge on any atom is 0.227 e. The van der Waals surface area contributed by atoms with Crippen LogP contribution in [0.2, 0.25) is 0 Å². The van der Waals surface area contributed by atoms with Crippen molar-refractivity contribution in [2.24, 2.45) is 0 Å². The van der Waals surface area contributed by atoms with Crippen LogP contribution in [0.25, 0.3) is 11.3 Å². The van der Waals surface area contributed by atoms with Gasteiger partial charge in [0.15, 0.2) is 5.82 Å². The molecule has 2 unspecified atom stereocenters. The molecule has 9 nitrogen and oxygen atoms in total. The van der Waals surface area contributed by atoms with Crippen LogP contribution in [-0.2, 0) is 17.6 Å². The zero-order valence-electron chi connectivity index (χ0n) is 18.6. The molecule has 6 rings (SSSR count). The minimum absolute atomic E-state index is 0.256. The van der Waals surface area contributed by atoms with Crippen molar-refractivity contribution in [3.63, 3.8) is 0 Å². The monoisotopic (exact) mass is 444 g/mol. The number of rotatable bonds is 6. The lowest BCUT2D eigenvalue weighted by molar-refractivity contribution is -0.119. The van der Waals surface area contributed by atoms with Crippen LogP contribution in [0, 0.1) is 0 Å². The molecule has 2 aliphatic heterocycles. The molecule has 2 atom stereocenters. The van der Waals surface area contributed by atoms with Crippen molar-refractivity contribution >= 4 is 24.0 Å². The van der Waals surface area contributed by atoms with E-state index in [0.29, 0.717) is 0 Å². The average Bonchev–Trinajstić information content (AvgIpc) is 3.65. The zero-order valence-corrected chi connectivity index (χ0v) is 18.6. The number of aromatic amines is 1. The second-order valence-corrected chi connectivity index (χ2v) is 9.14. The Bertz CT molecular complexity index is 1150. The van der Waals surface area contributed by atoms with Gasteiger partial charge in [-0.2, -0.15) is 10.1 Å². The second-order valence-electron chi connectivity index (χ2n) is 9.14. The summed E-state index contributed by atoms with van der Waals surface area (Å²) in [7, 11) is 0. The van der Waals surface area contributed by atoms with E-state index < -0.39 is 0 Å². The summed E-state index contributed by atoms with van der Waals surface area (Å²) in [6, 6.07) is 6.44. The van der Waals surface area contributed by atoms with Gasteiger partial charge in [-0.15, -0.1) is 0 Å². The molecule has 9 heteroatoms. The molecule has 1 aliphatic carbocycles. The van der Waals surface area contributed by atoms with Gasteiger partial charge in [-0.3, -0.25) is 14.9 Å². The molecule has 0 aromatic carbocycles. The third-order valence-electron chi connectivity index (χ3n) is 7.20. The molecular formula is C24H28N8O. The first-order valence-corrected chi connectivity index (χ1v) is 11.9. The average molecular weight is 445 g/mol. The quantitative estimate of drug-likeness (QED) is 0.563. The molecule has 2 fully saturated rings. The minimum atomic E-state index is 0.256. The van der Waals surface area contributed by atoms with Crippen LogP contribution in [0.4, 0.5) is 17.6 Å². The lowest BCUT2D eigenvalue weighted by Crippen LogP contribution is -2.46. The number of pyridine rings is 1. The van der Waals surface area contributed by atoms with Gasteiger partial charge in [0, 0.05) is 42.7 Å². The summed E-state index contributed by atoms with van der Waals surface area (Å²) in [4.78, 5) is 30.1. The van der Waals surface area contributed by atoms with Crippen molar-refractivity contribution in [1.82, 2.24) is 30.0 Å². The minimum Gasteiger partial charge on any atom is -0.340 e. The molecule has 0 saturated carbocycles. The van der Waals surface area contributed by atoms with Gasteiger partial charge >= 0.3 is 0 Å². The number of carbonyl (C=O) groups excluding carboxylic acids is 1. The van der Waals surface area contributed by atoms with Gasteiger partial charge in [0.2, 0.25) is 12.4 Å². The second kappa shape index (κ2) is 8.46. The molecule has 170 valence electrons. The number of aryl methyl sites for hydroxylation is 1. The van der Waals surface area contributed by atoms with Gasteiger partial charge in [-0.05, 0) is 57.1 Å². The highest BCUT2D eigenvalue weighted by Gasteiger charge is 2.39. The number of fused-ring (bicyclic) bond motifs is 1. The Labute approximate surface area is 192 Å². The molecule has 5 heterocycles. The number of H-pyrrole nitrogens is 1. The Morgan fingerprint density at radius 1 is 1.09 bits per heavy atom. The van der Waals surface area contributed by atoms with Gasteiger partial charge in [-0.1, -0.05) is 0 Å². The van der Waals surface area contributed by atoms with Crippen molar-refractivity contribution < 1.29 is 4.79 Å². The van der Waals surface area contributed by atoms with Crippen LogP contribution in [0.3, 0.4) is 0 Å². The lowest BCUT2D eigenvalue weighted by atomic mass is 10.0. The fourth-order valence-electron chi connectivity index (χ4n) is 5.63. The third-order valence-corrected chi connectivity index (χ3v) is 7.20. The first kappa shape index (κ1) is 20.1. The third kappa shape index (κ3) is 3.71. The van der Waals surface area contributed by atoms with Crippen LogP contribution < -0.4 is 10.2 Å². The Kier molecular flexibility index (Phi) is 5.16. The number of aromatic nitrogens is 5. The number of hydrogen-bond donors (Lipinski definition) is 2. The summed E-state index contributed by atoms with van der Waals surface area (Å²) in [5.41, 5.74) is 4.22. The van der Waals surface area contributed by atoms with E-state index in [1.807, 2.05) is 29.3 Å². The topological polar surface area (TPSA) is 103 Å². The lowest BCUT2D eigenvalue weighted by Gasteiger charge is -2.33. The van der Waals surface area contributed by atoms with E-state index in [4.69, 9.17) is 9.97 Å². The van der Waals surface area contributed by atoms with Crippen molar-refractivity contribution in [2.45, 2.75) is 57.0 Å². The molecule has 0 radical (unpaired) electrons. The van der Waals surface area contributed by atoms with Crippen molar-refractivity contribution in [2.75, 3.05) is 23.3 Å². The highest BCUT2D eigenvalue weighted by Crippen LogP contribution is 2.35. The number of amides is 1. The fraction of sp³-hybridized carbons (Fsp3) is 0.458. The highest BCUT2D eigenvalue weighted by atomic mass is 16.1. The van der Waals surface area contributed by atoms with Crippen LogP contribution in [0.5, 0.6) is 0 Å². The van der Waals surface area contributed by atoms with Gasteiger partial charge < -0.3 is 15.1 Å². The highest BCUT2D eigenvalue weighted by molar-refractivity contribution is 5.66. The fourth-order valence-corrected chi connectivity index (χ4v) is 5.63. The Hall–Kier alpha value is -3.49. The van der Waals surface area contributed by atoms with Crippen molar-refractivity contribution in [3.8, 4) is 11.3 Å². The van der Waals surface area contributed by atoms with Gasteiger partial charge in [0.25, 0.3) is 0 Å². The van der Waals surface area contributed by atoms with E-state index >= 15 is 0 Å². The van der Waals surface area contributed by atoms with E-state index in [0.717, 1.165) is 99.0 Å². The first-order chi connectivity index (χ1) is 16.3. The van der Waals surface area contributed by atoms with Crippen LogP contribution in [-0.4, -0.2) is 61.6 Å². The van der Waals surface area contributed by atoms with Crippen LogP contribution in [0.1, 0.15) is 43.4 Å². The van der Waals surface area contributed by atoms with Crippen LogP contribution in [0.15, 0.2) is 30.6 Å². The smallest absolute Gasteiger partial charge is 0.227 e. The Morgan fingerprint density at radius 3 is 2.88 bits per heavy atom. The first-order valence-electron chi connectivity index (χ1n) is 11.9. The molecule has 33 heavy (non-hydrogen) atoms. The predicted molar refractivity (Wildman–Crippen MR) is 125 cm³/mol. The van der Waals surface area contributed by atoms with Crippen LogP contribution >= 0.6 is 0 Å². The number of hydrogen-bond acceptors (Lipinski definition) is 7. The van der Waals surface area contributed by atoms with Gasteiger partial charge in [-0.25, -0.2) is 4.98 Å². The number of nitrogens with one attached hydrogen (secondary N) is 2. The molecule has 1 amide bonds. The SMILES string of the molecule is O=CN1CCCC1C1CCCN1c1nc2c(c(Nc3cc(-c4cccnc4)[nH]n3)n1)CCC2. The summed E-state index contributed by atoms with van der Waals surface area (Å²) in [5, 5.41) is 11.0. The molecule has 3 aromatic rings. The summed E-state index contributed by atoms with van der Waals surface area (Å²) < 4.78 is 0. The van der Waals surface area contributed by atoms with Crippen molar-refractivity contribution in [3.05, 3.63) is 41.9 Å². The molecule has 0 spiro atoms. The molecular weight excluding hydrogens is 416 g/mol. The summed E-state index contributed by atoms with van der Waals surface area (Å²) >= 11 is 0. The molecule has 3 aliphatic rings. The maximum atomic E-state index is 11.6.